The van der Waals surface area contributed by atoms with E-state index in [9.17, 15) is 9.50 Å². The highest BCUT2D eigenvalue weighted by molar-refractivity contribution is 5.44. The minimum Gasteiger partial charge on any atom is -0.496 e. The van der Waals surface area contributed by atoms with Crippen LogP contribution < -0.4 is 10.5 Å². The average molecular weight is 247 g/mol. The molecule has 0 saturated heterocycles. The Labute approximate surface area is 105 Å². The van der Waals surface area contributed by atoms with Crippen LogP contribution in [0.3, 0.4) is 0 Å². The molecule has 4 heteroatoms. The van der Waals surface area contributed by atoms with Crippen molar-refractivity contribution in [2.75, 3.05) is 12.8 Å². The first-order valence-electron chi connectivity index (χ1n) is 5.48. The van der Waals surface area contributed by atoms with Gasteiger partial charge in [0.15, 0.2) is 0 Å². The zero-order valence-corrected chi connectivity index (χ0v) is 9.93. The van der Waals surface area contributed by atoms with Gasteiger partial charge >= 0.3 is 0 Å². The minimum absolute atomic E-state index is 0.391. The van der Waals surface area contributed by atoms with Crippen LogP contribution in [0, 0.1) is 5.82 Å². The molecule has 1 unspecified atom stereocenters. The van der Waals surface area contributed by atoms with Crippen LogP contribution in [-0.2, 0) is 0 Å². The minimum atomic E-state index is -0.948. The van der Waals surface area contributed by atoms with Crippen LogP contribution in [0.25, 0.3) is 0 Å². The van der Waals surface area contributed by atoms with Crippen LogP contribution in [0.2, 0.25) is 0 Å². The van der Waals surface area contributed by atoms with Gasteiger partial charge < -0.3 is 15.6 Å². The maximum Gasteiger partial charge on any atom is 0.125 e. The molecular weight excluding hydrogens is 233 g/mol. The summed E-state index contributed by atoms with van der Waals surface area (Å²) in [7, 11) is 1.48. The number of methoxy groups -OCH3 is 1. The van der Waals surface area contributed by atoms with Crippen LogP contribution in [0.4, 0.5) is 10.1 Å². The standard InChI is InChI=1S/C14H14FNO2/c1-18-13-7-4-10(15)8-12(13)14(17)9-2-5-11(16)6-3-9/h2-8,14,17H,16H2,1H3. The van der Waals surface area contributed by atoms with Crippen LogP contribution in [-0.4, -0.2) is 12.2 Å². The van der Waals surface area contributed by atoms with Crippen molar-refractivity contribution in [2.24, 2.45) is 0 Å². The maximum atomic E-state index is 13.2. The first-order valence-corrected chi connectivity index (χ1v) is 5.48. The van der Waals surface area contributed by atoms with Crippen LogP contribution >= 0.6 is 0 Å². The molecule has 0 amide bonds. The summed E-state index contributed by atoms with van der Waals surface area (Å²) >= 11 is 0. The van der Waals surface area contributed by atoms with Crippen molar-refractivity contribution in [3.63, 3.8) is 0 Å². The summed E-state index contributed by atoms with van der Waals surface area (Å²) in [5.74, 6) is 0.0287. The van der Waals surface area contributed by atoms with E-state index in [2.05, 4.69) is 0 Å². The number of hydrogen-bond donors (Lipinski definition) is 2. The molecule has 0 aromatic heterocycles. The van der Waals surface area contributed by atoms with Crippen molar-refractivity contribution < 1.29 is 14.2 Å². The van der Waals surface area contributed by atoms with Gasteiger partial charge in [0.05, 0.1) is 7.11 Å². The summed E-state index contributed by atoms with van der Waals surface area (Å²) in [6.07, 6.45) is -0.948. The summed E-state index contributed by atoms with van der Waals surface area (Å²) in [5.41, 5.74) is 7.21. The van der Waals surface area contributed by atoms with Crippen LogP contribution in [0.15, 0.2) is 42.5 Å². The highest BCUT2D eigenvalue weighted by Gasteiger charge is 2.16. The Kier molecular flexibility index (Phi) is 3.48. The first-order chi connectivity index (χ1) is 8.61. The molecule has 0 radical (unpaired) electrons. The number of anilines is 1. The van der Waals surface area contributed by atoms with E-state index in [0.717, 1.165) is 0 Å². The second-order valence-corrected chi connectivity index (χ2v) is 3.96. The fraction of sp³-hybridized carbons (Fsp3) is 0.143. The van der Waals surface area contributed by atoms with E-state index in [0.29, 0.717) is 22.6 Å². The Morgan fingerprint density at radius 2 is 1.83 bits per heavy atom. The number of aliphatic hydroxyl groups excluding tert-OH is 1. The molecule has 0 saturated carbocycles. The van der Waals surface area contributed by atoms with E-state index in [1.165, 1.54) is 25.3 Å². The summed E-state index contributed by atoms with van der Waals surface area (Å²) < 4.78 is 18.4. The lowest BCUT2D eigenvalue weighted by atomic mass is 10.0. The third-order valence-electron chi connectivity index (χ3n) is 2.74. The number of aliphatic hydroxyl groups is 1. The van der Waals surface area contributed by atoms with Crippen molar-refractivity contribution >= 4 is 5.69 Å². The lowest BCUT2D eigenvalue weighted by molar-refractivity contribution is 0.214. The van der Waals surface area contributed by atoms with Crippen molar-refractivity contribution in [1.29, 1.82) is 0 Å². The molecule has 2 rings (SSSR count). The summed E-state index contributed by atoms with van der Waals surface area (Å²) in [5, 5.41) is 10.2. The van der Waals surface area contributed by atoms with Gasteiger partial charge in [-0.05, 0) is 35.9 Å². The number of rotatable bonds is 3. The van der Waals surface area contributed by atoms with Gasteiger partial charge in [0.1, 0.15) is 17.7 Å². The predicted molar refractivity (Wildman–Crippen MR) is 67.9 cm³/mol. The van der Waals surface area contributed by atoms with Gasteiger partial charge in [-0.15, -0.1) is 0 Å². The number of nitrogen functional groups attached to an aromatic ring is 1. The Hall–Kier alpha value is -2.07. The number of benzene rings is 2. The van der Waals surface area contributed by atoms with E-state index in [4.69, 9.17) is 10.5 Å². The average Bonchev–Trinajstić information content (AvgIpc) is 2.39. The van der Waals surface area contributed by atoms with Crippen molar-refractivity contribution in [1.82, 2.24) is 0 Å². The SMILES string of the molecule is COc1ccc(F)cc1C(O)c1ccc(N)cc1. The van der Waals surface area contributed by atoms with Gasteiger partial charge in [-0.2, -0.15) is 0 Å². The van der Waals surface area contributed by atoms with E-state index in [1.807, 2.05) is 0 Å². The topological polar surface area (TPSA) is 55.5 Å². The third-order valence-corrected chi connectivity index (χ3v) is 2.74. The molecule has 18 heavy (non-hydrogen) atoms. The van der Waals surface area contributed by atoms with Crippen LogP contribution in [0.5, 0.6) is 5.75 Å². The number of hydrogen-bond acceptors (Lipinski definition) is 3. The van der Waals surface area contributed by atoms with Gasteiger partial charge in [-0.25, -0.2) is 4.39 Å². The molecule has 0 heterocycles. The molecule has 0 aliphatic heterocycles. The van der Waals surface area contributed by atoms with E-state index >= 15 is 0 Å². The monoisotopic (exact) mass is 247 g/mol. The third kappa shape index (κ3) is 2.43. The Balaban J connectivity index is 2.41. The number of ether oxygens (including phenoxy) is 1. The molecular formula is C14H14FNO2. The molecule has 94 valence electrons. The normalized spacial score (nSPS) is 12.2. The fourth-order valence-corrected chi connectivity index (χ4v) is 1.78. The fourth-order valence-electron chi connectivity index (χ4n) is 1.78. The smallest absolute Gasteiger partial charge is 0.125 e. The Bertz CT molecular complexity index is 540. The molecule has 2 aromatic carbocycles. The lowest BCUT2D eigenvalue weighted by Crippen LogP contribution is -2.03. The quantitative estimate of drug-likeness (QED) is 0.819. The van der Waals surface area contributed by atoms with Crippen LogP contribution in [0.1, 0.15) is 17.2 Å². The first kappa shape index (κ1) is 12.4. The molecule has 0 aliphatic carbocycles. The number of nitrogens with two attached hydrogens (primary N) is 1. The largest absolute Gasteiger partial charge is 0.496 e. The molecule has 0 bridgehead atoms. The molecule has 2 aromatic rings. The summed E-state index contributed by atoms with van der Waals surface area (Å²) in [6, 6.07) is 10.8. The van der Waals surface area contributed by atoms with Crippen molar-refractivity contribution in [2.45, 2.75) is 6.10 Å². The highest BCUT2D eigenvalue weighted by Crippen LogP contribution is 2.30. The molecule has 0 fully saturated rings. The zero-order chi connectivity index (χ0) is 13.1. The number of halogens is 1. The zero-order valence-electron chi connectivity index (χ0n) is 9.93. The van der Waals surface area contributed by atoms with Gasteiger partial charge in [-0.3, -0.25) is 0 Å². The van der Waals surface area contributed by atoms with E-state index in [-0.39, 0.29) is 0 Å². The molecule has 0 spiro atoms. The lowest BCUT2D eigenvalue weighted by Gasteiger charge is -2.15. The molecule has 1 atom stereocenters. The second-order valence-electron chi connectivity index (χ2n) is 3.96. The Morgan fingerprint density at radius 3 is 2.44 bits per heavy atom. The van der Waals surface area contributed by atoms with Gasteiger partial charge in [0, 0.05) is 11.3 Å². The van der Waals surface area contributed by atoms with Gasteiger partial charge in [-0.1, -0.05) is 12.1 Å². The highest BCUT2D eigenvalue weighted by atomic mass is 19.1. The van der Waals surface area contributed by atoms with Gasteiger partial charge in [0.25, 0.3) is 0 Å². The Morgan fingerprint density at radius 1 is 1.17 bits per heavy atom. The maximum absolute atomic E-state index is 13.2. The van der Waals surface area contributed by atoms with Crippen molar-refractivity contribution in [3.8, 4) is 5.75 Å². The molecule has 3 nitrogen and oxygen atoms in total. The van der Waals surface area contributed by atoms with E-state index < -0.39 is 11.9 Å². The summed E-state index contributed by atoms with van der Waals surface area (Å²) in [4.78, 5) is 0. The second kappa shape index (κ2) is 5.06. The van der Waals surface area contributed by atoms with E-state index in [1.54, 1.807) is 24.3 Å². The molecule has 3 N–H and O–H groups in total. The molecule has 0 aliphatic rings. The predicted octanol–water partition coefficient (Wildman–Crippen LogP) is 2.50. The summed E-state index contributed by atoms with van der Waals surface area (Å²) in [6.45, 7) is 0. The van der Waals surface area contributed by atoms with Gasteiger partial charge in [0.2, 0.25) is 0 Å². The van der Waals surface area contributed by atoms with Crippen molar-refractivity contribution in [3.05, 3.63) is 59.4 Å².